The van der Waals surface area contributed by atoms with E-state index in [0.29, 0.717) is 17.4 Å². The van der Waals surface area contributed by atoms with Crippen molar-refractivity contribution < 1.29 is 9.90 Å². The smallest absolute Gasteiger partial charge is 0.337 e. The molecule has 0 radical (unpaired) electrons. The molecule has 2 unspecified atom stereocenters. The Morgan fingerprint density at radius 2 is 1.81 bits per heavy atom. The summed E-state index contributed by atoms with van der Waals surface area (Å²) in [5.41, 5.74) is 1.26. The van der Waals surface area contributed by atoms with Crippen LogP contribution < -0.4 is 4.90 Å². The van der Waals surface area contributed by atoms with Crippen LogP contribution in [-0.4, -0.2) is 24.2 Å². The maximum atomic E-state index is 11.1. The Morgan fingerprint density at radius 1 is 1.25 bits per heavy atom. The first-order valence-corrected chi connectivity index (χ1v) is 5.67. The zero-order valence-corrected chi connectivity index (χ0v) is 9.68. The van der Waals surface area contributed by atoms with Crippen LogP contribution in [0.25, 0.3) is 0 Å². The summed E-state index contributed by atoms with van der Waals surface area (Å²) in [5.74, 6) is 0.409. The van der Waals surface area contributed by atoms with Gasteiger partial charge in [0.2, 0.25) is 0 Å². The molecule has 0 saturated carbocycles. The van der Waals surface area contributed by atoms with Crippen LogP contribution in [0.1, 0.15) is 24.2 Å². The predicted molar refractivity (Wildman–Crippen MR) is 63.9 cm³/mol. The Hall–Kier alpha value is -1.51. The number of carboxylic acid groups (broad SMARTS) is 1. The Labute approximate surface area is 95.7 Å². The molecule has 0 amide bonds. The number of nitrogens with zero attached hydrogens (tertiary/aromatic N) is 1. The van der Waals surface area contributed by atoms with Gasteiger partial charge in [0, 0.05) is 13.1 Å². The number of para-hydroxylation sites is 1. The molecule has 1 aliphatic heterocycles. The third kappa shape index (κ3) is 1.90. The van der Waals surface area contributed by atoms with Crippen molar-refractivity contribution in [3.05, 3.63) is 29.8 Å². The summed E-state index contributed by atoms with van der Waals surface area (Å²) in [6.07, 6.45) is 0. The zero-order chi connectivity index (χ0) is 11.7. The van der Waals surface area contributed by atoms with E-state index in [-0.39, 0.29) is 0 Å². The van der Waals surface area contributed by atoms with E-state index in [1.165, 1.54) is 0 Å². The number of hydrogen-bond acceptors (Lipinski definition) is 2. The summed E-state index contributed by atoms with van der Waals surface area (Å²) in [6.45, 7) is 6.33. The first-order chi connectivity index (χ1) is 7.59. The second-order valence-electron chi connectivity index (χ2n) is 4.68. The topological polar surface area (TPSA) is 40.5 Å². The molecule has 1 aromatic carbocycles. The Bertz CT molecular complexity index is 393. The fourth-order valence-electron chi connectivity index (χ4n) is 2.26. The SMILES string of the molecule is CC1CN(c2ccccc2C(=O)O)CC1C. The highest BCUT2D eigenvalue weighted by molar-refractivity contribution is 5.94. The number of hydrogen-bond donors (Lipinski definition) is 1. The molecule has 16 heavy (non-hydrogen) atoms. The molecule has 1 N–H and O–H groups in total. The van der Waals surface area contributed by atoms with Gasteiger partial charge in [0.25, 0.3) is 0 Å². The highest BCUT2D eigenvalue weighted by Gasteiger charge is 2.28. The first-order valence-electron chi connectivity index (χ1n) is 5.67. The molecule has 1 aliphatic rings. The average Bonchev–Trinajstić information content (AvgIpc) is 2.59. The van der Waals surface area contributed by atoms with E-state index in [1.54, 1.807) is 12.1 Å². The van der Waals surface area contributed by atoms with Gasteiger partial charge in [-0.1, -0.05) is 26.0 Å². The van der Waals surface area contributed by atoms with Gasteiger partial charge < -0.3 is 10.0 Å². The van der Waals surface area contributed by atoms with Gasteiger partial charge in [0.05, 0.1) is 11.3 Å². The quantitative estimate of drug-likeness (QED) is 0.830. The van der Waals surface area contributed by atoms with Gasteiger partial charge in [0.15, 0.2) is 0 Å². The van der Waals surface area contributed by atoms with Gasteiger partial charge in [-0.15, -0.1) is 0 Å². The molecule has 3 heteroatoms. The minimum Gasteiger partial charge on any atom is -0.478 e. The maximum Gasteiger partial charge on any atom is 0.337 e. The van der Waals surface area contributed by atoms with Crippen molar-refractivity contribution in [2.75, 3.05) is 18.0 Å². The molecule has 0 spiro atoms. The van der Waals surface area contributed by atoms with Crippen LogP contribution in [0.4, 0.5) is 5.69 Å². The third-order valence-electron chi connectivity index (χ3n) is 3.46. The molecular formula is C13H17NO2. The number of rotatable bonds is 2. The summed E-state index contributed by atoms with van der Waals surface area (Å²) in [4.78, 5) is 13.3. The average molecular weight is 219 g/mol. The predicted octanol–water partition coefficient (Wildman–Crippen LogP) is 2.48. The number of carbonyl (C=O) groups is 1. The van der Waals surface area contributed by atoms with Crippen molar-refractivity contribution in [1.82, 2.24) is 0 Å². The number of anilines is 1. The van der Waals surface area contributed by atoms with E-state index in [0.717, 1.165) is 18.8 Å². The Morgan fingerprint density at radius 3 is 2.38 bits per heavy atom. The second kappa shape index (κ2) is 4.16. The lowest BCUT2D eigenvalue weighted by Gasteiger charge is -2.20. The Kier molecular flexibility index (Phi) is 2.86. The summed E-state index contributed by atoms with van der Waals surface area (Å²) in [6, 6.07) is 7.24. The van der Waals surface area contributed by atoms with Gasteiger partial charge in [-0.05, 0) is 24.0 Å². The van der Waals surface area contributed by atoms with Crippen LogP contribution >= 0.6 is 0 Å². The van der Waals surface area contributed by atoms with Crippen molar-refractivity contribution in [1.29, 1.82) is 0 Å². The van der Waals surface area contributed by atoms with Gasteiger partial charge in [0.1, 0.15) is 0 Å². The van der Waals surface area contributed by atoms with Crippen molar-refractivity contribution in [3.63, 3.8) is 0 Å². The number of benzene rings is 1. The summed E-state index contributed by atoms with van der Waals surface area (Å²) in [7, 11) is 0. The molecule has 0 bridgehead atoms. The van der Waals surface area contributed by atoms with Crippen LogP contribution in [0.15, 0.2) is 24.3 Å². The second-order valence-corrected chi connectivity index (χ2v) is 4.68. The van der Waals surface area contributed by atoms with Gasteiger partial charge in [-0.2, -0.15) is 0 Å². The number of aromatic carboxylic acids is 1. The van der Waals surface area contributed by atoms with Crippen LogP contribution in [0.5, 0.6) is 0 Å². The molecule has 0 aromatic heterocycles. The molecule has 2 rings (SSSR count). The lowest BCUT2D eigenvalue weighted by atomic mass is 10.0. The standard InChI is InChI=1S/C13H17NO2/c1-9-7-14(8-10(9)2)12-6-4-3-5-11(12)13(15)16/h3-6,9-10H,7-8H2,1-2H3,(H,15,16). The minimum atomic E-state index is -0.845. The van der Waals surface area contributed by atoms with E-state index in [1.807, 2.05) is 12.1 Å². The molecule has 3 nitrogen and oxygen atoms in total. The summed E-state index contributed by atoms with van der Waals surface area (Å²) >= 11 is 0. The highest BCUT2D eigenvalue weighted by atomic mass is 16.4. The molecule has 1 aromatic rings. The lowest BCUT2D eigenvalue weighted by Crippen LogP contribution is -2.22. The van der Waals surface area contributed by atoms with Crippen molar-refractivity contribution in [2.24, 2.45) is 11.8 Å². The van der Waals surface area contributed by atoms with Crippen molar-refractivity contribution in [3.8, 4) is 0 Å². The molecular weight excluding hydrogens is 202 g/mol. The number of carboxylic acids is 1. The van der Waals surface area contributed by atoms with Gasteiger partial charge in [-0.3, -0.25) is 0 Å². The lowest BCUT2D eigenvalue weighted by molar-refractivity contribution is 0.0697. The molecule has 86 valence electrons. The fraction of sp³-hybridized carbons (Fsp3) is 0.462. The van der Waals surface area contributed by atoms with Crippen LogP contribution in [0, 0.1) is 11.8 Å². The summed E-state index contributed by atoms with van der Waals surface area (Å²) < 4.78 is 0. The van der Waals surface area contributed by atoms with Crippen LogP contribution in [-0.2, 0) is 0 Å². The largest absolute Gasteiger partial charge is 0.478 e. The van der Waals surface area contributed by atoms with E-state index >= 15 is 0 Å². The van der Waals surface area contributed by atoms with E-state index in [4.69, 9.17) is 5.11 Å². The molecule has 1 fully saturated rings. The first kappa shape index (κ1) is 11.0. The van der Waals surface area contributed by atoms with E-state index in [9.17, 15) is 4.79 Å². The van der Waals surface area contributed by atoms with Crippen molar-refractivity contribution in [2.45, 2.75) is 13.8 Å². The Balaban J connectivity index is 2.31. The minimum absolute atomic E-state index is 0.406. The zero-order valence-electron chi connectivity index (χ0n) is 9.68. The van der Waals surface area contributed by atoms with Crippen molar-refractivity contribution >= 4 is 11.7 Å². The third-order valence-corrected chi connectivity index (χ3v) is 3.46. The normalized spacial score (nSPS) is 24.8. The highest BCUT2D eigenvalue weighted by Crippen LogP contribution is 2.29. The van der Waals surface area contributed by atoms with Crippen LogP contribution in [0.3, 0.4) is 0 Å². The van der Waals surface area contributed by atoms with Gasteiger partial charge in [-0.25, -0.2) is 4.79 Å². The monoisotopic (exact) mass is 219 g/mol. The van der Waals surface area contributed by atoms with E-state index in [2.05, 4.69) is 18.7 Å². The fourth-order valence-corrected chi connectivity index (χ4v) is 2.26. The summed E-state index contributed by atoms with van der Waals surface area (Å²) in [5, 5.41) is 9.13. The molecule has 2 atom stereocenters. The molecule has 1 saturated heterocycles. The molecule has 1 heterocycles. The molecule has 0 aliphatic carbocycles. The maximum absolute atomic E-state index is 11.1. The van der Waals surface area contributed by atoms with E-state index < -0.39 is 5.97 Å². The van der Waals surface area contributed by atoms with Gasteiger partial charge >= 0.3 is 5.97 Å². The van der Waals surface area contributed by atoms with Crippen LogP contribution in [0.2, 0.25) is 0 Å².